The predicted molar refractivity (Wildman–Crippen MR) is 125 cm³/mol. The van der Waals surface area contributed by atoms with Gasteiger partial charge < -0.3 is 40.1 Å². The minimum atomic E-state index is -2.10. The molecule has 0 radical (unpaired) electrons. The average molecular weight is 497 g/mol. The first-order chi connectivity index (χ1) is 16.3. The Balaban J connectivity index is 1.33. The van der Waals surface area contributed by atoms with E-state index in [-0.39, 0.29) is 41.6 Å². The van der Waals surface area contributed by atoms with Crippen LogP contribution in [0.3, 0.4) is 0 Å². The van der Waals surface area contributed by atoms with Gasteiger partial charge in [-0.25, -0.2) is 0 Å². The number of hydrogen-bond donors (Lipinski definition) is 6. The molecule has 16 atom stereocenters. The van der Waals surface area contributed by atoms with Crippen molar-refractivity contribution in [3.63, 3.8) is 0 Å². The van der Waals surface area contributed by atoms with Crippen molar-refractivity contribution in [2.75, 3.05) is 6.61 Å². The van der Waals surface area contributed by atoms with Crippen LogP contribution in [0.1, 0.15) is 66.2 Å². The van der Waals surface area contributed by atoms with Crippen molar-refractivity contribution in [3.05, 3.63) is 0 Å². The maximum atomic E-state index is 11.7. The van der Waals surface area contributed by atoms with E-state index in [0.717, 1.165) is 32.3 Å². The molecule has 2 heterocycles. The van der Waals surface area contributed by atoms with Gasteiger partial charge >= 0.3 is 0 Å². The summed E-state index contributed by atoms with van der Waals surface area (Å²) in [6, 6.07) is 0. The fraction of sp³-hybridized carbons (Fsp3) is 1.00. The third-order valence-corrected chi connectivity index (χ3v) is 12.4. The van der Waals surface area contributed by atoms with Gasteiger partial charge in [0.05, 0.1) is 24.9 Å². The number of aliphatic hydroxyl groups excluding tert-OH is 5. The van der Waals surface area contributed by atoms with E-state index in [1.54, 1.807) is 6.92 Å². The second kappa shape index (κ2) is 7.63. The summed E-state index contributed by atoms with van der Waals surface area (Å²) < 4.78 is 13.1. The Morgan fingerprint density at radius 1 is 0.829 bits per heavy atom. The third kappa shape index (κ3) is 2.81. The molecule has 4 aliphatic carbocycles. The molecule has 0 unspecified atom stereocenters. The van der Waals surface area contributed by atoms with E-state index >= 15 is 0 Å². The van der Waals surface area contributed by atoms with Crippen molar-refractivity contribution in [1.29, 1.82) is 0 Å². The molecule has 8 heteroatoms. The van der Waals surface area contributed by atoms with Crippen LogP contribution in [0, 0.1) is 46.3 Å². The minimum Gasteiger partial charge on any atom is -0.390 e. The van der Waals surface area contributed by atoms with Crippen molar-refractivity contribution in [3.8, 4) is 0 Å². The van der Waals surface area contributed by atoms with Crippen LogP contribution in [-0.2, 0) is 9.47 Å². The first-order valence-corrected chi connectivity index (χ1v) is 13.8. The molecule has 0 aromatic rings. The highest BCUT2D eigenvalue weighted by Crippen LogP contribution is 2.71. The van der Waals surface area contributed by atoms with Crippen LogP contribution in [0.5, 0.6) is 0 Å². The maximum absolute atomic E-state index is 11.7. The molecule has 6 aliphatic rings. The highest BCUT2D eigenvalue weighted by atomic mass is 16.7. The molecule has 0 aromatic heterocycles. The molecule has 2 aliphatic heterocycles. The first-order valence-electron chi connectivity index (χ1n) is 13.8. The fourth-order valence-corrected chi connectivity index (χ4v) is 10.4. The van der Waals surface area contributed by atoms with Crippen LogP contribution >= 0.6 is 0 Å². The SMILES string of the molecule is C[C@@H]1CC[C@@]2(OC1)O[C@H]1C[C@H]3[C@@H]4C[C@@H](O)[C@]5(O)[C@@H](O)[C@@H](O)[C@@H](O)[C@@H](O)[C@]5(C)[C@H]4CC[C@]3(C)[C@H]1[C@@H]2C. The Hall–Kier alpha value is -0.320. The third-order valence-electron chi connectivity index (χ3n) is 12.4. The van der Waals surface area contributed by atoms with Gasteiger partial charge in [0.2, 0.25) is 0 Å². The highest BCUT2D eigenvalue weighted by molar-refractivity contribution is 5.25. The standard InChI is InChI=1S/C27H44O8/c1-12-5-8-26(34-11-12)13(2)19-17(35-26)10-16-14-9-18(28)27(33)23(32)21(30)20(29)22(31)25(27,4)15(14)6-7-24(16,19)3/h12-23,28-33H,5-11H2,1-4H3/t12-,13+,14-,15+,16+,17+,18-,19+,20-,21+,22-,23+,24+,25+,26-,27+/m1/s1. The van der Waals surface area contributed by atoms with E-state index in [9.17, 15) is 30.6 Å². The van der Waals surface area contributed by atoms with Crippen LogP contribution in [0.4, 0.5) is 0 Å². The first kappa shape index (κ1) is 25.0. The molecular formula is C27H44O8. The molecule has 6 rings (SSSR count). The quantitative estimate of drug-likeness (QED) is 0.289. The summed E-state index contributed by atoms with van der Waals surface area (Å²) >= 11 is 0. The Labute approximate surface area is 207 Å². The van der Waals surface area contributed by atoms with Crippen molar-refractivity contribution in [2.24, 2.45) is 46.3 Å². The van der Waals surface area contributed by atoms with E-state index in [2.05, 4.69) is 20.8 Å². The summed E-state index contributed by atoms with van der Waals surface area (Å²) in [7, 11) is 0. The van der Waals surface area contributed by atoms with Crippen molar-refractivity contribution < 1.29 is 40.1 Å². The normalized spacial score (nSPS) is 66.0. The number of aliphatic hydroxyl groups is 6. The molecule has 35 heavy (non-hydrogen) atoms. The maximum Gasteiger partial charge on any atom is 0.171 e. The lowest BCUT2D eigenvalue weighted by Gasteiger charge is -2.68. The second-order valence-corrected chi connectivity index (χ2v) is 13.6. The largest absolute Gasteiger partial charge is 0.390 e. The lowest BCUT2D eigenvalue weighted by molar-refractivity contribution is -0.350. The molecule has 6 N–H and O–H groups in total. The molecule has 0 amide bonds. The van der Waals surface area contributed by atoms with Crippen molar-refractivity contribution >= 4 is 0 Å². The summed E-state index contributed by atoms with van der Waals surface area (Å²) in [5.74, 6) is 0.648. The lowest BCUT2D eigenvalue weighted by Crippen LogP contribution is -2.81. The van der Waals surface area contributed by atoms with E-state index in [1.807, 2.05) is 0 Å². The van der Waals surface area contributed by atoms with Crippen LogP contribution in [0.25, 0.3) is 0 Å². The Morgan fingerprint density at radius 2 is 1.51 bits per heavy atom. The summed E-state index contributed by atoms with van der Waals surface area (Å²) in [4.78, 5) is 0. The smallest absolute Gasteiger partial charge is 0.171 e. The molecule has 2 saturated heterocycles. The van der Waals surface area contributed by atoms with Gasteiger partial charge in [0.1, 0.15) is 23.9 Å². The monoisotopic (exact) mass is 496 g/mol. The topological polar surface area (TPSA) is 140 Å². The molecule has 6 fully saturated rings. The predicted octanol–water partition coefficient (Wildman–Crippen LogP) is 0.792. The minimum absolute atomic E-state index is 0.00274. The van der Waals surface area contributed by atoms with Crippen LogP contribution in [0.15, 0.2) is 0 Å². The summed E-state index contributed by atoms with van der Waals surface area (Å²) in [6.45, 7) is 9.25. The number of hydrogen-bond acceptors (Lipinski definition) is 8. The molecule has 8 nitrogen and oxygen atoms in total. The molecule has 0 bridgehead atoms. The second-order valence-electron chi connectivity index (χ2n) is 13.6. The van der Waals surface area contributed by atoms with E-state index in [1.165, 1.54) is 0 Å². The summed E-state index contributed by atoms with van der Waals surface area (Å²) in [5, 5.41) is 66.0. The fourth-order valence-electron chi connectivity index (χ4n) is 10.4. The van der Waals surface area contributed by atoms with Gasteiger partial charge in [0.25, 0.3) is 0 Å². The van der Waals surface area contributed by atoms with Gasteiger partial charge in [-0.3, -0.25) is 0 Å². The Morgan fingerprint density at radius 3 is 2.17 bits per heavy atom. The molecule has 4 saturated carbocycles. The molecule has 1 spiro atoms. The number of fused-ring (bicyclic) bond motifs is 7. The zero-order chi connectivity index (χ0) is 25.3. The zero-order valence-electron chi connectivity index (χ0n) is 21.4. The zero-order valence-corrected chi connectivity index (χ0v) is 21.4. The number of ether oxygens (including phenoxy) is 2. The van der Waals surface area contributed by atoms with Crippen LogP contribution in [0.2, 0.25) is 0 Å². The van der Waals surface area contributed by atoms with Gasteiger partial charge in [0, 0.05) is 17.8 Å². The van der Waals surface area contributed by atoms with Gasteiger partial charge in [-0.15, -0.1) is 0 Å². The van der Waals surface area contributed by atoms with E-state index in [0.29, 0.717) is 18.3 Å². The Kier molecular flexibility index (Phi) is 5.44. The van der Waals surface area contributed by atoms with E-state index in [4.69, 9.17) is 9.47 Å². The van der Waals surface area contributed by atoms with Crippen LogP contribution < -0.4 is 0 Å². The molecule has 200 valence electrons. The highest BCUT2D eigenvalue weighted by Gasteiger charge is 2.76. The van der Waals surface area contributed by atoms with Gasteiger partial charge in [-0.2, -0.15) is 0 Å². The van der Waals surface area contributed by atoms with Gasteiger partial charge in [-0.1, -0.05) is 27.7 Å². The Bertz CT molecular complexity index is 860. The molecular weight excluding hydrogens is 452 g/mol. The average Bonchev–Trinajstić information content (AvgIpc) is 3.27. The molecule has 0 aromatic carbocycles. The summed E-state index contributed by atoms with van der Waals surface area (Å²) in [6.07, 6.45) is -3.03. The lowest BCUT2D eigenvalue weighted by atomic mass is 9.40. The van der Waals surface area contributed by atoms with Gasteiger partial charge in [-0.05, 0) is 67.1 Å². The van der Waals surface area contributed by atoms with Crippen LogP contribution in [-0.4, -0.2) is 85.3 Å². The van der Waals surface area contributed by atoms with Crippen molar-refractivity contribution in [2.45, 2.75) is 114 Å². The summed E-state index contributed by atoms with van der Waals surface area (Å²) in [5.41, 5.74) is -3.49. The number of rotatable bonds is 0. The van der Waals surface area contributed by atoms with Gasteiger partial charge in [0.15, 0.2) is 5.79 Å². The van der Waals surface area contributed by atoms with Crippen molar-refractivity contribution in [1.82, 2.24) is 0 Å². The van der Waals surface area contributed by atoms with E-state index < -0.39 is 47.3 Å².